The van der Waals surface area contributed by atoms with Gasteiger partial charge in [-0.1, -0.05) is 17.7 Å². The fraction of sp³-hybridized carbons (Fsp3) is 0.381. The van der Waals surface area contributed by atoms with Crippen molar-refractivity contribution in [2.45, 2.75) is 32.2 Å². The van der Waals surface area contributed by atoms with Gasteiger partial charge in [0.2, 0.25) is 11.8 Å². The SMILES string of the molecule is Cc1ccc(N2C[C@@H](NC(=O)c3ccnc(OCC4CC4)c3)CC2=O)cc1. The fourth-order valence-corrected chi connectivity index (χ4v) is 3.16. The van der Waals surface area contributed by atoms with E-state index in [-0.39, 0.29) is 17.9 Å². The van der Waals surface area contributed by atoms with Crippen molar-refractivity contribution in [2.75, 3.05) is 18.1 Å². The Morgan fingerprint density at radius 1 is 1.26 bits per heavy atom. The van der Waals surface area contributed by atoms with Gasteiger partial charge in [-0.3, -0.25) is 9.59 Å². The molecule has 2 heterocycles. The van der Waals surface area contributed by atoms with Crippen molar-refractivity contribution in [3.63, 3.8) is 0 Å². The van der Waals surface area contributed by atoms with E-state index in [0.717, 1.165) is 11.3 Å². The minimum Gasteiger partial charge on any atom is -0.477 e. The Bertz CT molecular complexity index is 846. The van der Waals surface area contributed by atoms with Crippen LogP contribution in [-0.4, -0.2) is 36.0 Å². The standard InChI is InChI=1S/C21H23N3O3/c1-14-2-6-18(7-3-14)24-12-17(11-20(24)25)23-21(26)16-8-9-22-19(10-16)27-13-15-4-5-15/h2-3,6-10,15,17H,4-5,11-13H2,1H3,(H,23,26)/t17-/m0/s1. The van der Waals surface area contributed by atoms with E-state index in [1.54, 1.807) is 23.2 Å². The first-order valence-electron chi connectivity index (χ1n) is 9.35. The highest BCUT2D eigenvalue weighted by Crippen LogP contribution is 2.29. The molecule has 4 rings (SSSR count). The summed E-state index contributed by atoms with van der Waals surface area (Å²) in [5.41, 5.74) is 2.51. The molecule has 0 spiro atoms. The molecule has 0 bridgehead atoms. The summed E-state index contributed by atoms with van der Waals surface area (Å²) in [5.74, 6) is 0.907. The molecule has 1 saturated heterocycles. The molecule has 27 heavy (non-hydrogen) atoms. The van der Waals surface area contributed by atoms with Crippen LogP contribution in [0.25, 0.3) is 0 Å². The number of nitrogens with zero attached hydrogens (tertiary/aromatic N) is 2. The van der Waals surface area contributed by atoms with Crippen molar-refractivity contribution in [3.05, 3.63) is 53.7 Å². The van der Waals surface area contributed by atoms with Gasteiger partial charge in [-0.25, -0.2) is 4.98 Å². The maximum absolute atomic E-state index is 12.6. The number of amides is 2. The van der Waals surface area contributed by atoms with E-state index in [1.165, 1.54) is 12.8 Å². The second kappa shape index (κ2) is 7.39. The zero-order chi connectivity index (χ0) is 18.8. The number of anilines is 1. The van der Waals surface area contributed by atoms with Crippen molar-refractivity contribution in [3.8, 4) is 5.88 Å². The number of rotatable bonds is 6. The molecular formula is C21H23N3O3. The van der Waals surface area contributed by atoms with Crippen LogP contribution < -0.4 is 15.0 Å². The summed E-state index contributed by atoms with van der Waals surface area (Å²) in [5, 5.41) is 2.96. The van der Waals surface area contributed by atoms with Gasteiger partial charge in [-0.2, -0.15) is 0 Å². The predicted octanol–water partition coefficient (Wildman–Crippen LogP) is 2.71. The van der Waals surface area contributed by atoms with Crippen LogP contribution in [0.5, 0.6) is 5.88 Å². The number of hydrogen-bond acceptors (Lipinski definition) is 4. The Morgan fingerprint density at radius 3 is 2.78 bits per heavy atom. The summed E-state index contributed by atoms with van der Waals surface area (Å²) in [4.78, 5) is 30.8. The van der Waals surface area contributed by atoms with Gasteiger partial charge >= 0.3 is 0 Å². The van der Waals surface area contributed by atoms with Crippen molar-refractivity contribution >= 4 is 17.5 Å². The average molecular weight is 365 g/mol. The second-order valence-corrected chi connectivity index (χ2v) is 7.35. The van der Waals surface area contributed by atoms with Gasteiger partial charge in [0.1, 0.15) is 0 Å². The molecule has 2 fully saturated rings. The highest BCUT2D eigenvalue weighted by molar-refractivity contribution is 5.99. The van der Waals surface area contributed by atoms with E-state index in [2.05, 4.69) is 10.3 Å². The largest absolute Gasteiger partial charge is 0.477 e. The first-order valence-corrected chi connectivity index (χ1v) is 9.35. The molecule has 140 valence electrons. The predicted molar refractivity (Wildman–Crippen MR) is 102 cm³/mol. The Balaban J connectivity index is 1.37. The summed E-state index contributed by atoms with van der Waals surface area (Å²) in [6.07, 6.45) is 4.28. The van der Waals surface area contributed by atoms with Crippen LogP contribution in [0.15, 0.2) is 42.6 Å². The summed E-state index contributed by atoms with van der Waals surface area (Å²) < 4.78 is 5.64. The summed E-state index contributed by atoms with van der Waals surface area (Å²) >= 11 is 0. The molecular weight excluding hydrogens is 342 g/mol. The molecule has 0 radical (unpaired) electrons. The Hall–Kier alpha value is -2.89. The van der Waals surface area contributed by atoms with Crippen LogP contribution in [0.3, 0.4) is 0 Å². The number of benzene rings is 1. The van der Waals surface area contributed by atoms with Gasteiger partial charge in [0.15, 0.2) is 0 Å². The number of nitrogens with one attached hydrogen (secondary N) is 1. The maximum Gasteiger partial charge on any atom is 0.251 e. The van der Waals surface area contributed by atoms with Gasteiger partial charge in [-0.15, -0.1) is 0 Å². The second-order valence-electron chi connectivity index (χ2n) is 7.35. The molecule has 2 aromatic rings. The lowest BCUT2D eigenvalue weighted by Crippen LogP contribution is -2.37. The van der Waals surface area contributed by atoms with Crippen LogP contribution in [0.4, 0.5) is 5.69 Å². The zero-order valence-electron chi connectivity index (χ0n) is 15.4. The summed E-state index contributed by atoms with van der Waals surface area (Å²) in [6, 6.07) is 10.9. The molecule has 1 aliphatic carbocycles. The lowest BCUT2D eigenvalue weighted by atomic mass is 10.2. The molecule has 1 aliphatic heterocycles. The van der Waals surface area contributed by atoms with Crippen LogP contribution in [-0.2, 0) is 4.79 Å². The normalized spacial score (nSPS) is 19.2. The van der Waals surface area contributed by atoms with Gasteiger partial charge in [-0.05, 0) is 43.9 Å². The van der Waals surface area contributed by atoms with Crippen LogP contribution in [0.2, 0.25) is 0 Å². The first kappa shape index (κ1) is 17.5. The summed E-state index contributed by atoms with van der Waals surface area (Å²) in [6.45, 7) is 3.14. The molecule has 6 nitrogen and oxygen atoms in total. The minimum atomic E-state index is -0.213. The van der Waals surface area contributed by atoms with Gasteiger partial charge in [0, 0.05) is 36.5 Å². The lowest BCUT2D eigenvalue weighted by molar-refractivity contribution is -0.117. The monoisotopic (exact) mass is 365 g/mol. The number of pyridine rings is 1. The van der Waals surface area contributed by atoms with Gasteiger partial charge in [0.25, 0.3) is 5.91 Å². The molecule has 2 aliphatic rings. The van der Waals surface area contributed by atoms with Gasteiger partial charge < -0.3 is 15.0 Å². The number of aryl methyl sites for hydroxylation is 1. The number of hydrogen-bond donors (Lipinski definition) is 1. The van der Waals surface area contributed by atoms with E-state index in [0.29, 0.717) is 36.9 Å². The molecule has 1 N–H and O–H groups in total. The number of carbonyl (C=O) groups is 2. The quantitative estimate of drug-likeness (QED) is 0.854. The van der Waals surface area contributed by atoms with Crippen LogP contribution in [0.1, 0.15) is 35.2 Å². The first-order chi connectivity index (χ1) is 13.1. The van der Waals surface area contributed by atoms with Crippen LogP contribution >= 0.6 is 0 Å². The Morgan fingerprint density at radius 2 is 2.04 bits per heavy atom. The highest BCUT2D eigenvalue weighted by atomic mass is 16.5. The summed E-state index contributed by atoms with van der Waals surface area (Å²) in [7, 11) is 0. The molecule has 6 heteroatoms. The Kier molecular flexibility index (Phi) is 4.79. The molecule has 2 amide bonds. The fourth-order valence-electron chi connectivity index (χ4n) is 3.16. The average Bonchev–Trinajstić information content (AvgIpc) is 3.43. The highest BCUT2D eigenvalue weighted by Gasteiger charge is 2.31. The van der Waals surface area contributed by atoms with Gasteiger partial charge in [0.05, 0.1) is 12.6 Å². The van der Waals surface area contributed by atoms with E-state index >= 15 is 0 Å². The maximum atomic E-state index is 12.6. The molecule has 1 saturated carbocycles. The Labute approximate surface area is 158 Å². The van der Waals surface area contributed by atoms with Crippen molar-refractivity contribution < 1.29 is 14.3 Å². The molecule has 1 atom stereocenters. The smallest absolute Gasteiger partial charge is 0.251 e. The number of ether oxygens (including phenoxy) is 1. The van der Waals surface area contributed by atoms with Crippen molar-refractivity contribution in [1.82, 2.24) is 10.3 Å². The molecule has 0 unspecified atom stereocenters. The molecule has 1 aromatic carbocycles. The van der Waals surface area contributed by atoms with E-state index in [1.807, 2.05) is 31.2 Å². The lowest BCUT2D eigenvalue weighted by Gasteiger charge is -2.17. The van der Waals surface area contributed by atoms with Crippen LogP contribution in [0, 0.1) is 12.8 Å². The topological polar surface area (TPSA) is 71.5 Å². The minimum absolute atomic E-state index is 0.0207. The van der Waals surface area contributed by atoms with E-state index < -0.39 is 0 Å². The third-order valence-electron chi connectivity index (χ3n) is 4.97. The van der Waals surface area contributed by atoms with E-state index in [4.69, 9.17) is 4.74 Å². The third kappa shape index (κ3) is 4.27. The van der Waals surface area contributed by atoms with E-state index in [9.17, 15) is 9.59 Å². The third-order valence-corrected chi connectivity index (χ3v) is 4.97. The van der Waals surface area contributed by atoms with Crippen molar-refractivity contribution in [2.24, 2.45) is 5.92 Å². The molecule has 1 aromatic heterocycles. The number of carbonyl (C=O) groups excluding carboxylic acids is 2. The van der Waals surface area contributed by atoms with Crippen molar-refractivity contribution in [1.29, 1.82) is 0 Å². The zero-order valence-corrected chi connectivity index (χ0v) is 15.4. The number of aromatic nitrogens is 1.